The van der Waals surface area contributed by atoms with E-state index in [1.165, 1.54) is 24.5 Å². The molecule has 0 atom stereocenters. The van der Waals surface area contributed by atoms with Crippen molar-refractivity contribution < 1.29 is 13.2 Å². The van der Waals surface area contributed by atoms with Crippen molar-refractivity contribution in [1.82, 2.24) is 10.2 Å². The number of hydrogen-bond acceptors (Lipinski definition) is 4. The number of rotatable bonds is 8. The van der Waals surface area contributed by atoms with Crippen molar-refractivity contribution in [3.05, 3.63) is 94.5 Å². The second kappa shape index (κ2) is 10.4. The minimum atomic E-state index is -3.84. The monoisotopic (exact) mass is 477 g/mol. The van der Waals surface area contributed by atoms with Gasteiger partial charge in [0.25, 0.3) is 15.9 Å². The van der Waals surface area contributed by atoms with Crippen molar-refractivity contribution >= 4 is 21.6 Å². The van der Waals surface area contributed by atoms with Crippen molar-refractivity contribution in [2.75, 3.05) is 17.8 Å². The number of nitrogens with one attached hydrogen (secondary N) is 2. The van der Waals surface area contributed by atoms with Gasteiger partial charge in [-0.2, -0.15) is 0 Å². The van der Waals surface area contributed by atoms with E-state index in [4.69, 9.17) is 0 Å². The van der Waals surface area contributed by atoms with Gasteiger partial charge in [0.05, 0.1) is 10.6 Å². The zero-order valence-electron chi connectivity index (χ0n) is 19.7. The first-order chi connectivity index (χ1) is 16.3. The predicted molar refractivity (Wildman–Crippen MR) is 135 cm³/mol. The van der Waals surface area contributed by atoms with Crippen LogP contribution in [0.5, 0.6) is 0 Å². The van der Waals surface area contributed by atoms with E-state index in [0.29, 0.717) is 23.4 Å². The molecule has 3 aromatic rings. The van der Waals surface area contributed by atoms with Crippen molar-refractivity contribution in [3.8, 4) is 0 Å². The van der Waals surface area contributed by atoms with Crippen LogP contribution in [0.4, 0.5) is 5.69 Å². The van der Waals surface area contributed by atoms with Gasteiger partial charge in [-0.3, -0.25) is 14.4 Å². The largest absolute Gasteiger partial charge is 0.348 e. The smallest absolute Gasteiger partial charge is 0.262 e. The molecule has 1 aliphatic heterocycles. The lowest BCUT2D eigenvalue weighted by Crippen LogP contribution is -2.24. The highest BCUT2D eigenvalue weighted by Crippen LogP contribution is 2.23. The molecule has 2 N–H and O–H groups in total. The van der Waals surface area contributed by atoms with E-state index in [-0.39, 0.29) is 10.8 Å². The van der Waals surface area contributed by atoms with Crippen LogP contribution in [0.2, 0.25) is 0 Å². The molecule has 0 bridgehead atoms. The number of amides is 1. The van der Waals surface area contributed by atoms with Gasteiger partial charge in [-0.15, -0.1) is 0 Å². The van der Waals surface area contributed by atoms with Gasteiger partial charge in [-0.1, -0.05) is 48.5 Å². The lowest BCUT2D eigenvalue weighted by molar-refractivity contribution is 0.0950. The topological polar surface area (TPSA) is 78.5 Å². The summed E-state index contributed by atoms with van der Waals surface area (Å²) >= 11 is 0. The average molecular weight is 478 g/mol. The number of carbonyl (C=O) groups is 1. The molecule has 0 aromatic heterocycles. The minimum Gasteiger partial charge on any atom is -0.348 e. The molecule has 6 nitrogen and oxygen atoms in total. The first-order valence-corrected chi connectivity index (χ1v) is 13.1. The molecule has 178 valence electrons. The molecule has 1 amide bonds. The fourth-order valence-electron chi connectivity index (χ4n) is 4.24. The summed E-state index contributed by atoms with van der Waals surface area (Å²) in [5, 5.41) is 2.93. The average Bonchev–Trinajstić information content (AvgIpc) is 3.32. The quantitative estimate of drug-likeness (QED) is 0.496. The number of sulfonamides is 1. The Morgan fingerprint density at radius 1 is 0.882 bits per heavy atom. The molecule has 7 heteroatoms. The predicted octanol–water partition coefficient (Wildman–Crippen LogP) is 4.63. The van der Waals surface area contributed by atoms with E-state index in [9.17, 15) is 13.2 Å². The highest BCUT2D eigenvalue weighted by Gasteiger charge is 2.20. The Labute approximate surface area is 202 Å². The Morgan fingerprint density at radius 2 is 1.62 bits per heavy atom. The summed E-state index contributed by atoms with van der Waals surface area (Å²) in [6.45, 7) is 7.14. The van der Waals surface area contributed by atoms with Crippen molar-refractivity contribution in [1.29, 1.82) is 0 Å². The molecule has 0 spiro atoms. The lowest BCUT2D eigenvalue weighted by atomic mass is 10.1. The van der Waals surface area contributed by atoms with E-state index in [1.807, 2.05) is 31.2 Å². The van der Waals surface area contributed by atoms with E-state index in [0.717, 1.165) is 30.8 Å². The Hall–Kier alpha value is -3.16. The summed E-state index contributed by atoms with van der Waals surface area (Å²) in [5.41, 5.74) is 4.48. The van der Waals surface area contributed by atoms with Crippen molar-refractivity contribution in [2.45, 2.75) is 44.7 Å². The van der Waals surface area contributed by atoms with E-state index < -0.39 is 10.0 Å². The van der Waals surface area contributed by atoms with Gasteiger partial charge >= 0.3 is 0 Å². The molecule has 0 aliphatic carbocycles. The molecule has 34 heavy (non-hydrogen) atoms. The van der Waals surface area contributed by atoms with Gasteiger partial charge in [-0.25, -0.2) is 8.42 Å². The normalized spacial score (nSPS) is 14.2. The van der Waals surface area contributed by atoms with E-state index in [2.05, 4.69) is 27.1 Å². The van der Waals surface area contributed by atoms with Crippen LogP contribution in [0.15, 0.2) is 71.6 Å². The van der Waals surface area contributed by atoms with Crippen LogP contribution in [0, 0.1) is 13.8 Å². The Kier molecular flexibility index (Phi) is 7.34. The molecule has 4 rings (SSSR count). The van der Waals surface area contributed by atoms with E-state index >= 15 is 0 Å². The summed E-state index contributed by atoms with van der Waals surface area (Å²) in [6, 6.07) is 20.2. The molecule has 1 fully saturated rings. The number of carbonyl (C=O) groups excluding carboxylic acids is 1. The number of anilines is 1. The zero-order chi connectivity index (χ0) is 24.1. The highest BCUT2D eigenvalue weighted by molar-refractivity contribution is 7.92. The van der Waals surface area contributed by atoms with Gasteiger partial charge in [0.15, 0.2) is 0 Å². The Balaban J connectivity index is 1.45. The second-order valence-electron chi connectivity index (χ2n) is 8.89. The fourth-order valence-corrected chi connectivity index (χ4v) is 5.64. The van der Waals surface area contributed by atoms with Crippen LogP contribution in [0.25, 0.3) is 0 Å². The Morgan fingerprint density at radius 3 is 2.38 bits per heavy atom. The molecule has 0 saturated carbocycles. The number of aryl methyl sites for hydroxylation is 2. The van der Waals surface area contributed by atoms with Gasteiger partial charge in [0.2, 0.25) is 0 Å². The SMILES string of the molecule is Cc1ccccc1NS(=O)(=O)c1cc(C(=O)NCc2cccc(CN3CCCC3)c2)ccc1C. The van der Waals surface area contributed by atoms with Crippen LogP contribution in [0.1, 0.15) is 45.5 Å². The highest BCUT2D eigenvalue weighted by atomic mass is 32.2. The fraction of sp³-hybridized carbons (Fsp3) is 0.296. The van der Waals surface area contributed by atoms with Crippen LogP contribution < -0.4 is 10.0 Å². The summed E-state index contributed by atoms with van der Waals surface area (Å²) in [4.78, 5) is 15.4. The molecule has 0 unspecified atom stereocenters. The van der Waals surface area contributed by atoms with Crippen LogP contribution in [0.3, 0.4) is 0 Å². The first kappa shape index (κ1) is 24.0. The minimum absolute atomic E-state index is 0.0935. The molecular weight excluding hydrogens is 446 g/mol. The number of nitrogens with zero attached hydrogens (tertiary/aromatic N) is 1. The molecule has 3 aromatic carbocycles. The third-order valence-electron chi connectivity index (χ3n) is 6.18. The first-order valence-electron chi connectivity index (χ1n) is 11.6. The van der Waals surface area contributed by atoms with E-state index in [1.54, 1.807) is 31.2 Å². The standard InChI is InChI=1S/C27H31N3O3S/c1-20-8-3-4-11-25(20)29-34(32,33)26-17-24(13-12-21(26)2)27(31)28-18-22-9-7-10-23(16-22)19-30-14-5-6-15-30/h3-4,7-13,16-17,29H,5-6,14-15,18-19H2,1-2H3,(H,28,31). The summed E-state index contributed by atoms with van der Waals surface area (Å²) in [5.74, 6) is -0.308. The van der Waals surface area contributed by atoms with Gasteiger partial charge in [0.1, 0.15) is 0 Å². The summed E-state index contributed by atoms with van der Waals surface area (Å²) in [6.07, 6.45) is 2.51. The van der Waals surface area contributed by atoms with Crippen molar-refractivity contribution in [2.24, 2.45) is 0 Å². The van der Waals surface area contributed by atoms with Gasteiger partial charge in [-0.05, 0) is 80.2 Å². The van der Waals surface area contributed by atoms with Gasteiger partial charge in [0, 0.05) is 18.7 Å². The third-order valence-corrected chi connectivity index (χ3v) is 7.69. The zero-order valence-corrected chi connectivity index (χ0v) is 20.5. The Bertz CT molecular complexity index is 1280. The second-order valence-corrected chi connectivity index (χ2v) is 10.5. The van der Waals surface area contributed by atoms with Crippen LogP contribution >= 0.6 is 0 Å². The third kappa shape index (κ3) is 5.85. The number of likely N-dealkylation sites (tertiary alicyclic amines) is 1. The number of hydrogen-bond donors (Lipinski definition) is 2. The maximum atomic E-state index is 13.1. The van der Waals surface area contributed by atoms with Gasteiger partial charge < -0.3 is 5.32 Å². The molecule has 1 saturated heterocycles. The maximum Gasteiger partial charge on any atom is 0.262 e. The van der Waals surface area contributed by atoms with Crippen molar-refractivity contribution in [3.63, 3.8) is 0 Å². The number of benzene rings is 3. The van der Waals surface area contributed by atoms with Crippen LogP contribution in [-0.4, -0.2) is 32.3 Å². The molecule has 0 radical (unpaired) electrons. The molecular formula is C27H31N3O3S. The molecule has 1 aliphatic rings. The number of para-hydroxylation sites is 1. The summed E-state index contributed by atoms with van der Waals surface area (Å²) in [7, 11) is -3.84. The lowest BCUT2D eigenvalue weighted by Gasteiger charge is -2.15. The maximum absolute atomic E-state index is 13.1. The summed E-state index contributed by atoms with van der Waals surface area (Å²) < 4.78 is 28.8. The molecule has 1 heterocycles. The van der Waals surface area contributed by atoms with Crippen LogP contribution in [-0.2, 0) is 23.1 Å².